The van der Waals surface area contributed by atoms with Crippen LogP contribution >= 0.6 is 0 Å². The van der Waals surface area contributed by atoms with Gasteiger partial charge < -0.3 is 5.73 Å². The van der Waals surface area contributed by atoms with Gasteiger partial charge in [0, 0.05) is 0 Å². The van der Waals surface area contributed by atoms with Crippen LogP contribution in [0.15, 0.2) is 12.3 Å². The molecule has 2 N–H and O–H groups in total. The van der Waals surface area contributed by atoms with Crippen molar-refractivity contribution in [1.29, 1.82) is 5.26 Å². The van der Waals surface area contributed by atoms with Crippen LogP contribution in [0.3, 0.4) is 0 Å². The molecule has 0 aliphatic heterocycles. The molecule has 0 saturated carbocycles. The minimum Gasteiger partial charge on any atom is -0.397 e. The number of hydrogen-bond acceptors (Lipinski definition) is 3. The first-order chi connectivity index (χ1) is 6.24. The predicted octanol–water partition coefficient (Wildman–Crippen LogP) is 1.24. The summed E-state index contributed by atoms with van der Waals surface area (Å²) in [7, 11) is 0. The molecule has 0 aliphatic carbocycles. The Kier molecular flexibility index (Phi) is 2.89. The molecule has 3 heteroatoms. The number of aromatic nitrogens is 1. The highest BCUT2D eigenvalue weighted by atomic mass is 14.7. The van der Waals surface area contributed by atoms with E-state index >= 15 is 0 Å². The van der Waals surface area contributed by atoms with Crippen LogP contribution in [0.2, 0.25) is 0 Å². The molecule has 0 radical (unpaired) electrons. The van der Waals surface area contributed by atoms with Crippen molar-refractivity contribution in [2.45, 2.75) is 13.3 Å². The van der Waals surface area contributed by atoms with Gasteiger partial charge in [0.1, 0.15) is 5.69 Å². The van der Waals surface area contributed by atoms with Gasteiger partial charge in [-0.25, -0.2) is 4.98 Å². The molecule has 0 fully saturated rings. The van der Waals surface area contributed by atoms with E-state index in [1.54, 1.807) is 6.20 Å². The summed E-state index contributed by atoms with van der Waals surface area (Å²) in [4.78, 5) is 4.04. The van der Waals surface area contributed by atoms with Crippen molar-refractivity contribution >= 4 is 5.69 Å². The van der Waals surface area contributed by atoms with Crippen LogP contribution in [0, 0.1) is 30.1 Å². The maximum absolute atomic E-state index is 8.26. The van der Waals surface area contributed by atoms with Gasteiger partial charge in [0.05, 0.1) is 24.4 Å². The van der Waals surface area contributed by atoms with E-state index in [9.17, 15) is 0 Å². The van der Waals surface area contributed by atoms with Crippen molar-refractivity contribution in [3.63, 3.8) is 0 Å². The third-order valence-electron chi connectivity index (χ3n) is 1.47. The lowest BCUT2D eigenvalue weighted by Gasteiger charge is -1.97. The second-order valence-corrected chi connectivity index (χ2v) is 2.57. The quantitative estimate of drug-likeness (QED) is 0.597. The van der Waals surface area contributed by atoms with Gasteiger partial charge in [0.2, 0.25) is 0 Å². The van der Waals surface area contributed by atoms with Crippen LogP contribution < -0.4 is 5.73 Å². The predicted molar refractivity (Wildman–Crippen MR) is 50.5 cm³/mol. The molecule has 1 heterocycles. The molecule has 0 amide bonds. The summed E-state index contributed by atoms with van der Waals surface area (Å²) in [5, 5.41) is 8.26. The monoisotopic (exact) mass is 171 g/mol. The van der Waals surface area contributed by atoms with Crippen molar-refractivity contribution in [2.24, 2.45) is 0 Å². The number of anilines is 1. The molecule has 64 valence electrons. The molecule has 0 bridgehead atoms. The van der Waals surface area contributed by atoms with E-state index in [2.05, 4.69) is 16.8 Å². The topological polar surface area (TPSA) is 62.7 Å². The molecule has 0 atom stereocenters. The largest absolute Gasteiger partial charge is 0.397 e. The van der Waals surface area contributed by atoms with E-state index in [0.717, 1.165) is 5.56 Å². The Morgan fingerprint density at radius 2 is 2.38 bits per heavy atom. The Balaban J connectivity index is 2.93. The second kappa shape index (κ2) is 4.13. The van der Waals surface area contributed by atoms with Gasteiger partial charge in [-0.05, 0) is 24.5 Å². The number of nitrogen functional groups attached to an aromatic ring is 1. The Hall–Kier alpha value is -2.00. The first kappa shape index (κ1) is 9.09. The molecule has 3 nitrogen and oxygen atoms in total. The summed E-state index contributed by atoms with van der Waals surface area (Å²) < 4.78 is 0. The second-order valence-electron chi connectivity index (χ2n) is 2.57. The Bertz CT molecular complexity index is 404. The van der Waals surface area contributed by atoms with Crippen molar-refractivity contribution in [1.82, 2.24) is 4.98 Å². The molecule has 1 aromatic rings. The zero-order valence-corrected chi connectivity index (χ0v) is 7.33. The Labute approximate surface area is 77.2 Å². The zero-order chi connectivity index (χ0) is 9.68. The fourth-order valence-electron chi connectivity index (χ4n) is 0.895. The van der Waals surface area contributed by atoms with E-state index in [1.165, 1.54) is 0 Å². The molecule has 0 unspecified atom stereocenters. The minimum absolute atomic E-state index is 0.228. The zero-order valence-electron chi connectivity index (χ0n) is 7.33. The van der Waals surface area contributed by atoms with Gasteiger partial charge in [0.25, 0.3) is 0 Å². The Morgan fingerprint density at radius 1 is 1.62 bits per heavy atom. The Morgan fingerprint density at radius 3 is 3.00 bits per heavy atom. The van der Waals surface area contributed by atoms with Crippen LogP contribution in [0.4, 0.5) is 5.69 Å². The highest BCUT2D eigenvalue weighted by Gasteiger charge is 1.95. The van der Waals surface area contributed by atoms with Crippen molar-refractivity contribution < 1.29 is 0 Å². The number of aryl methyl sites for hydroxylation is 1. The maximum Gasteiger partial charge on any atom is 0.116 e. The normalized spacial score (nSPS) is 8.31. The number of pyridine rings is 1. The van der Waals surface area contributed by atoms with E-state index in [1.807, 2.05) is 19.1 Å². The van der Waals surface area contributed by atoms with Crippen molar-refractivity contribution in [3.05, 3.63) is 23.5 Å². The standard InChI is InChI=1S/C10H9N3/c1-8-6-9(12)7-13-10(8)4-2-3-5-11/h6-7H,3,12H2,1H3. The average molecular weight is 171 g/mol. The molecular weight excluding hydrogens is 162 g/mol. The molecule has 1 rings (SSSR count). The summed E-state index contributed by atoms with van der Waals surface area (Å²) in [6, 6.07) is 3.75. The molecule has 0 aliphatic rings. The molecular formula is C10H9N3. The van der Waals surface area contributed by atoms with Crippen LogP contribution in [0.5, 0.6) is 0 Å². The SMILES string of the molecule is Cc1cc(N)cnc1C#CCC#N. The maximum atomic E-state index is 8.26. The van der Waals surface area contributed by atoms with Gasteiger partial charge in [-0.2, -0.15) is 5.26 Å². The average Bonchev–Trinajstić information content (AvgIpc) is 2.09. The number of nitriles is 1. The third-order valence-corrected chi connectivity index (χ3v) is 1.47. The number of hydrogen-bond donors (Lipinski definition) is 1. The summed E-state index contributed by atoms with van der Waals surface area (Å²) in [6.45, 7) is 1.89. The summed E-state index contributed by atoms with van der Waals surface area (Å²) >= 11 is 0. The van der Waals surface area contributed by atoms with Crippen LogP contribution in [0.1, 0.15) is 17.7 Å². The van der Waals surface area contributed by atoms with Crippen molar-refractivity contribution in [2.75, 3.05) is 5.73 Å². The molecule has 0 saturated heterocycles. The van der Waals surface area contributed by atoms with Gasteiger partial charge in [-0.1, -0.05) is 5.92 Å². The van der Waals surface area contributed by atoms with E-state index in [4.69, 9.17) is 11.0 Å². The molecule has 1 aromatic heterocycles. The first-order valence-corrected chi connectivity index (χ1v) is 3.82. The molecule has 13 heavy (non-hydrogen) atoms. The van der Waals surface area contributed by atoms with Crippen molar-refractivity contribution in [3.8, 4) is 17.9 Å². The van der Waals surface area contributed by atoms with Gasteiger partial charge in [0.15, 0.2) is 0 Å². The molecule has 0 aromatic carbocycles. The smallest absolute Gasteiger partial charge is 0.116 e. The van der Waals surface area contributed by atoms with E-state index in [-0.39, 0.29) is 6.42 Å². The summed E-state index contributed by atoms with van der Waals surface area (Å²) in [6.07, 6.45) is 1.79. The summed E-state index contributed by atoms with van der Waals surface area (Å²) in [5.74, 6) is 5.50. The van der Waals surface area contributed by atoms with Gasteiger partial charge in [-0.15, -0.1) is 0 Å². The highest BCUT2D eigenvalue weighted by molar-refractivity contribution is 5.44. The van der Waals surface area contributed by atoms with Gasteiger partial charge >= 0.3 is 0 Å². The lowest BCUT2D eigenvalue weighted by molar-refractivity contribution is 1.23. The number of nitrogens with two attached hydrogens (primary N) is 1. The summed E-state index contributed by atoms with van der Waals surface area (Å²) in [5.41, 5.74) is 7.77. The van der Waals surface area contributed by atoms with Crippen LogP contribution in [0.25, 0.3) is 0 Å². The minimum atomic E-state index is 0.228. The van der Waals surface area contributed by atoms with Gasteiger partial charge in [-0.3, -0.25) is 0 Å². The van der Waals surface area contributed by atoms with Crippen LogP contribution in [-0.2, 0) is 0 Å². The van der Waals surface area contributed by atoms with E-state index in [0.29, 0.717) is 11.4 Å². The fourth-order valence-corrected chi connectivity index (χ4v) is 0.895. The third kappa shape index (κ3) is 2.50. The number of rotatable bonds is 0. The molecule has 0 spiro atoms. The lowest BCUT2D eigenvalue weighted by atomic mass is 10.2. The fraction of sp³-hybridized carbons (Fsp3) is 0.200. The first-order valence-electron chi connectivity index (χ1n) is 3.82. The number of nitrogens with zero attached hydrogens (tertiary/aromatic N) is 2. The lowest BCUT2D eigenvalue weighted by Crippen LogP contribution is -1.92. The van der Waals surface area contributed by atoms with E-state index < -0.39 is 0 Å². The van der Waals surface area contributed by atoms with Crippen LogP contribution in [-0.4, -0.2) is 4.98 Å². The highest BCUT2D eigenvalue weighted by Crippen LogP contribution is 2.07.